The Balaban J connectivity index is 2.24. The number of aromatic nitrogens is 1. The van der Waals surface area contributed by atoms with E-state index in [9.17, 15) is 4.79 Å². The normalized spacial score (nSPS) is 16.2. The summed E-state index contributed by atoms with van der Waals surface area (Å²) in [7, 11) is 0. The van der Waals surface area contributed by atoms with Crippen molar-refractivity contribution >= 4 is 23.4 Å². The molecular weight excluding hydrogens is 228 g/mol. The van der Waals surface area contributed by atoms with Gasteiger partial charge in [-0.05, 0) is 25.3 Å². The summed E-state index contributed by atoms with van der Waals surface area (Å²) in [5.41, 5.74) is 0.130. The van der Waals surface area contributed by atoms with Gasteiger partial charge in [-0.25, -0.2) is 9.78 Å². The zero-order valence-corrected chi connectivity index (χ0v) is 9.57. The zero-order chi connectivity index (χ0) is 11.5. The number of carboxylic acids is 1. The summed E-state index contributed by atoms with van der Waals surface area (Å²) in [6.07, 6.45) is 4.87. The number of aromatic carboxylic acids is 1. The number of halogens is 1. The molecule has 0 bridgehead atoms. The summed E-state index contributed by atoms with van der Waals surface area (Å²) < 4.78 is 0. The van der Waals surface area contributed by atoms with E-state index in [4.69, 9.17) is 16.7 Å². The number of hydrogen-bond acceptors (Lipinski definition) is 3. The van der Waals surface area contributed by atoms with Crippen LogP contribution in [-0.4, -0.2) is 29.1 Å². The van der Waals surface area contributed by atoms with Crippen LogP contribution in [0.25, 0.3) is 0 Å². The summed E-state index contributed by atoms with van der Waals surface area (Å²) in [5.74, 6) is -0.300. The zero-order valence-electron chi connectivity index (χ0n) is 8.82. The summed E-state index contributed by atoms with van der Waals surface area (Å²) in [5, 5.41) is 9.22. The Hall–Kier alpha value is -1.29. The van der Waals surface area contributed by atoms with Crippen LogP contribution < -0.4 is 4.90 Å². The smallest absolute Gasteiger partial charge is 0.337 e. The van der Waals surface area contributed by atoms with Gasteiger partial charge in [-0.1, -0.05) is 11.6 Å². The number of rotatable bonds is 2. The van der Waals surface area contributed by atoms with E-state index in [1.165, 1.54) is 18.7 Å². The van der Waals surface area contributed by atoms with E-state index < -0.39 is 5.97 Å². The molecule has 0 saturated carbocycles. The van der Waals surface area contributed by atoms with E-state index in [0.29, 0.717) is 10.8 Å². The lowest BCUT2D eigenvalue weighted by Gasteiger charge is -2.28. The van der Waals surface area contributed by atoms with Crippen LogP contribution in [0.3, 0.4) is 0 Å². The van der Waals surface area contributed by atoms with Gasteiger partial charge in [0.15, 0.2) is 0 Å². The van der Waals surface area contributed by atoms with Gasteiger partial charge in [-0.3, -0.25) is 0 Å². The maximum absolute atomic E-state index is 10.7. The molecule has 5 heteroatoms. The van der Waals surface area contributed by atoms with Crippen molar-refractivity contribution in [2.75, 3.05) is 18.0 Å². The van der Waals surface area contributed by atoms with Gasteiger partial charge in [-0.15, -0.1) is 0 Å². The molecule has 1 aliphatic rings. The molecule has 1 saturated heterocycles. The van der Waals surface area contributed by atoms with Crippen molar-refractivity contribution in [3.63, 3.8) is 0 Å². The summed E-state index contributed by atoms with van der Waals surface area (Å²) in [4.78, 5) is 17.0. The number of carboxylic acid groups (broad SMARTS) is 1. The molecule has 0 unspecified atom stereocenters. The predicted octanol–water partition coefficient (Wildman–Crippen LogP) is 2.42. The Kier molecular flexibility index (Phi) is 3.29. The minimum Gasteiger partial charge on any atom is -0.478 e. The van der Waals surface area contributed by atoms with E-state index in [0.717, 1.165) is 25.9 Å². The second-order valence-corrected chi connectivity index (χ2v) is 4.29. The highest BCUT2D eigenvalue weighted by atomic mass is 35.5. The fraction of sp³-hybridized carbons (Fsp3) is 0.455. The topological polar surface area (TPSA) is 53.4 Å². The standard InChI is InChI=1S/C11H13ClN2O2/c12-9-6-8(11(15)16)7-13-10(9)14-4-2-1-3-5-14/h6-7H,1-5H2,(H,15,16). The highest BCUT2D eigenvalue weighted by molar-refractivity contribution is 6.33. The number of anilines is 1. The molecule has 2 rings (SSSR count). The fourth-order valence-corrected chi connectivity index (χ4v) is 2.17. The summed E-state index contributed by atoms with van der Waals surface area (Å²) in [6.45, 7) is 1.89. The molecule has 1 aliphatic heterocycles. The quantitative estimate of drug-likeness (QED) is 0.863. The fourth-order valence-electron chi connectivity index (χ4n) is 1.89. The van der Waals surface area contributed by atoms with Gasteiger partial charge in [0.1, 0.15) is 5.82 Å². The Morgan fingerprint density at radius 2 is 2.06 bits per heavy atom. The van der Waals surface area contributed by atoms with Crippen molar-refractivity contribution in [3.8, 4) is 0 Å². The molecule has 1 aromatic heterocycles. The Labute approximate surface area is 98.9 Å². The lowest BCUT2D eigenvalue weighted by molar-refractivity contribution is 0.0696. The van der Waals surface area contributed by atoms with Crippen LogP contribution in [0.4, 0.5) is 5.82 Å². The third-order valence-electron chi connectivity index (χ3n) is 2.72. The predicted molar refractivity (Wildman–Crippen MR) is 62.3 cm³/mol. The summed E-state index contributed by atoms with van der Waals surface area (Å²) >= 11 is 6.04. The second-order valence-electron chi connectivity index (χ2n) is 3.88. The second kappa shape index (κ2) is 4.70. The maximum Gasteiger partial charge on any atom is 0.337 e. The molecule has 2 heterocycles. The molecule has 1 aromatic rings. The first-order valence-electron chi connectivity index (χ1n) is 5.32. The molecule has 0 aliphatic carbocycles. The lowest BCUT2D eigenvalue weighted by atomic mass is 10.1. The number of carbonyl (C=O) groups is 1. The van der Waals surface area contributed by atoms with Gasteiger partial charge in [-0.2, -0.15) is 0 Å². The highest BCUT2D eigenvalue weighted by Gasteiger charge is 2.16. The van der Waals surface area contributed by atoms with Gasteiger partial charge in [0.2, 0.25) is 0 Å². The van der Waals surface area contributed by atoms with E-state index in [1.807, 2.05) is 0 Å². The van der Waals surface area contributed by atoms with Crippen molar-refractivity contribution in [3.05, 3.63) is 22.8 Å². The number of hydrogen-bond donors (Lipinski definition) is 1. The first-order chi connectivity index (χ1) is 7.68. The van der Waals surface area contributed by atoms with Crippen molar-refractivity contribution < 1.29 is 9.90 Å². The molecule has 0 radical (unpaired) electrons. The Bertz CT molecular complexity index is 403. The molecule has 0 aromatic carbocycles. The first-order valence-corrected chi connectivity index (χ1v) is 5.70. The van der Waals surface area contributed by atoms with Crippen molar-refractivity contribution in [2.45, 2.75) is 19.3 Å². The van der Waals surface area contributed by atoms with Gasteiger partial charge < -0.3 is 10.0 Å². The highest BCUT2D eigenvalue weighted by Crippen LogP contribution is 2.26. The largest absolute Gasteiger partial charge is 0.478 e. The SMILES string of the molecule is O=C(O)c1cnc(N2CCCCC2)c(Cl)c1. The van der Waals surface area contributed by atoms with Crippen LogP contribution in [-0.2, 0) is 0 Å². The van der Waals surface area contributed by atoms with Crippen molar-refractivity contribution in [1.29, 1.82) is 0 Å². The minimum absolute atomic E-state index is 0.130. The molecule has 4 nitrogen and oxygen atoms in total. The molecule has 0 spiro atoms. The van der Waals surface area contributed by atoms with E-state index in [-0.39, 0.29) is 5.56 Å². The van der Waals surface area contributed by atoms with E-state index >= 15 is 0 Å². The lowest BCUT2D eigenvalue weighted by Crippen LogP contribution is -2.30. The molecular formula is C11H13ClN2O2. The van der Waals surface area contributed by atoms with Gasteiger partial charge in [0.05, 0.1) is 10.6 Å². The number of piperidine rings is 1. The van der Waals surface area contributed by atoms with Crippen LogP contribution in [0.2, 0.25) is 5.02 Å². The van der Waals surface area contributed by atoms with Crippen LogP contribution >= 0.6 is 11.6 Å². The average Bonchev–Trinajstić information content (AvgIpc) is 2.30. The molecule has 86 valence electrons. The van der Waals surface area contributed by atoms with Crippen molar-refractivity contribution in [2.24, 2.45) is 0 Å². The van der Waals surface area contributed by atoms with Crippen LogP contribution in [0.15, 0.2) is 12.3 Å². The molecule has 1 N–H and O–H groups in total. The molecule has 1 fully saturated rings. The third-order valence-corrected chi connectivity index (χ3v) is 3.00. The van der Waals surface area contributed by atoms with Gasteiger partial charge >= 0.3 is 5.97 Å². The Morgan fingerprint density at radius 1 is 1.38 bits per heavy atom. The van der Waals surface area contributed by atoms with Crippen LogP contribution in [0, 0.1) is 0 Å². The first kappa shape index (κ1) is 11.2. The number of nitrogens with zero attached hydrogens (tertiary/aromatic N) is 2. The van der Waals surface area contributed by atoms with Crippen LogP contribution in [0.5, 0.6) is 0 Å². The third kappa shape index (κ3) is 2.27. The maximum atomic E-state index is 10.7. The summed E-state index contributed by atoms with van der Waals surface area (Å²) in [6, 6.07) is 1.46. The van der Waals surface area contributed by atoms with Gasteiger partial charge in [0, 0.05) is 19.3 Å². The molecule has 0 amide bonds. The van der Waals surface area contributed by atoms with Gasteiger partial charge in [0.25, 0.3) is 0 Å². The van der Waals surface area contributed by atoms with E-state index in [1.54, 1.807) is 0 Å². The Morgan fingerprint density at radius 3 is 2.62 bits per heavy atom. The minimum atomic E-state index is -1.00. The molecule has 0 atom stereocenters. The average molecular weight is 241 g/mol. The van der Waals surface area contributed by atoms with E-state index in [2.05, 4.69) is 9.88 Å². The number of pyridine rings is 1. The van der Waals surface area contributed by atoms with Crippen molar-refractivity contribution in [1.82, 2.24) is 4.98 Å². The molecule has 16 heavy (non-hydrogen) atoms. The monoisotopic (exact) mass is 240 g/mol. The van der Waals surface area contributed by atoms with Crippen LogP contribution in [0.1, 0.15) is 29.6 Å².